The average molecular weight is 390 g/mol. The van der Waals surface area contributed by atoms with Gasteiger partial charge in [-0.25, -0.2) is 4.79 Å². The Morgan fingerprint density at radius 3 is 2.07 bits per heavy atom. The summed E-state index contributed by atoms with van der Waals surface area (Å²) in [5.41, 5.74) is -4.44. The van der Waals surface area contributed by atoms with E-state index in [1.54, 1.807) is 6.92 Å². The molecule has 1 aromatic carbocycles. The van der Waals surface area contributed by atoms with Crippen LogP contribution in [0.3, 0.4) is 0 Å². The minimum Gasteiger partial charge on any atom is -0.550 e. The number of hydrogen-bond donors (Lipinski definition) is 1. The molecule has 10 heteroatoms. The van der Waals surface area contributed by atoms with Crippen molar-refractivity contribution in [1.29, 1.82) is 0 Å². The molecule has 0 fully saturated rings. The van der Waals surface area contributed by atoms with Crippen LogP contribution < -0.4 is 10.0 Å². The molecule has 1 amide bonds. The molecular formula is C17H19F3NO6-. The van der Waals surface area contributed by atoms with Crippen molar-refractivity contribution in [2.24, 2.45) is 0 Å². The van der Waals surface area contributed by atoms with Gasteiger partial charge in [-0.2, -0.15) is 13.2 Å². The number of carbonyl (C=O) groups is 3. The number of aliphatic carboxylic acids is 1. The molecule has 150 valence electrons. The van der Waals surface area contributed by atoms with Crippen LogP contribution in [0.2, 0.25) is 0 Å². The summed E-state index contributed by atoms with van der Waals surface area (Å²) in [5, 5.41) is 20.5. The van der Waals surface area contributed by atoms with Crippen molar-refractivity contribution < 1.29 is 42.5 Å². The maximum absolute atomic E-state index is 13.3. The SMILES string of the molecule is CCOC(=O)[C@](O)(c1ccc(N(CC)C(=O)CCC(=O)[O-])cc1)C(F)(F)F. The van der Waals surface area contributed by atoms with E-state index in [-0.39, 0.29) is 25.3 Å². The van der Waals surface area contributed by atoms with Crippen molar-refractivity contribution in [2.75, 3.05) is 18.1 Å². The lowest BCUT2D eigenvalue weighted by Gasteiger charge is -2.29. The fourth-order valence-corrected chi connectivity index (χ4v) is 2.36. The van der Waals surface area contributed by atoms with Crippen LogP contribution >= 0.6 is 0 Å². The zero-order chi connectivity index (χ0) is 20.8. The first kappa shape index (κ1) is 22.4. The Labute approximate surface area is 153 Å². The van der Waals surface area contributed by atoms with Crippen molar-refractivity contribution in [3.8, 4) is 0 Å². The third-order valence-electron chi connectivity index (χ3n) is 3.74. The Kier molecular flexibility index (Phi) is 7.35. The lowest BCUT2D eigenvalue weighted by molar-refractivity contribution is -0.305. The third kappa shape index (κ3) is 4.97. The van der Waals surface area contributed by atoms with Crippen molar-refractivity contribution in [2.45, 2.75) is 38.5 Å². The van der Waals surface area contributed by atoms with Gasteiger partial charge in [-0.05, 0) is 32.4 Å². The summed E-state index contributed by atoms with van der Waals surface area (Å²) in [6, 6.07) is 3.94. The Morgan fingerprint density at radius 2 is 1.67 bits per heavy atom. The Hall–Kier alpha value is -2.62. The highest BCUT2D eigenvalue weighted by molar-refractivity contribution is 5.94. The third-order valence-corrected chi connectivity index (χ3v) is 3.74. The average Bonchev–Trinajstić information content (AvgIpc) is 2.59. The summed E-state index contributed by atoms with van der Waals surface area (Å²) < 4.78 is 44.3. The van der Waals surface area contributed by atoms with E-state index < -0.39 is 41.6 Å². The molecule has 0 saturated carbocycles. The molecule has 27 heavy (non-hydrogen) atoms. The molecule has 1 aromatic rings. The summed E-state index contributed by atoms with van der Waals surface area (Å²) in [5.74, 6) is -3.83. The standard InChI is InChI=1S/C17H20F3NO6/c1-3-21(13(22)9-10-14(23)24)12-7-5-11(6-8-12)16(26,17(18,19)20)15(25)27-4-2/h5-8,26H,3-4,9-10H2,1-2H3,(H,23,24)/p-1/t16-/m1/s1. The highest BCUT2D eigenvalue weighted by atomic mass is 19.4. The Balaban J connectivity index is 3.18. The Bertz CT molecular complexity index is 689. The van der Waals surface area contributed by atoms with Gasteiger partial charge in [0.1, 0.15) is 0 Å². The van der Waals surface area contributed by atoms with E-state index in [1.807, 2.05) is 0 Å². The summed E-state index contributed by atoms with van der Waals surface area (Å²) in [6.07, 6.45) is -6.16. The largest absolute Gasteiger partial charge is 0.550 e. The minimum atomic E-state index is -5.32. The predicted molar refractivity (Wildman–Crippen MR) is 85.3 cm³/mol. The van der Waals surface area contributed by atoms with E-state index in [2.05, 4.69) is 4.74 Å². The number of aliphatic hydroxyl groups is 1. The Morgan fingerprint density at radius 1 is 1.11 bits per heavy atom. The van der Waals surface area contributed by atoms with Gasteiger partial charge < -0.3 is 24.6 Å². The number of benzene rings is 1. The van der Waals surface area contributed by atoms with Crippen LogP contribution in [0.5, 0.6) is 0 Å². The highest BCUT2D eigenvalue weighted by Gasteiger charge is 2.62. The van der Waals surface area contributed by atoms with Gasteiger partial charge in [0.05, 0.1) is 6.61 Å². The summed E-state index contributed by atoms with van der Waals surface area (Å²) in [6.45, 7) is 2.67. The van der Waals surface area contributed by atoms with E-state index in [0.717, 1.165) is 29.2 Å². The number of amides is 1. The van der Waals surface area contributed by atoms with Gasteiger partial charge in [-0.1, -0.05) is 12.1 Å². The molecule has 0 unspecified atom stereocenters. The monoisotopic (exact) mass is 390 g/mol. The summed E-state index contributed by atoms with van der Waals surface area (Å²) in [7, 11) is 0. The molecule has 1 atom stereocenters. The van der Waals surface area contributed by atoms with Gasteiger partial charge in [0.25, 0.3) is 5.60 Å². The van der Waals surface area contributed by atoms with Gasteiger partial charge in [-0.15, -0.1) is 0 Å². The lowest BCUT2D eigenvalue weighted by Crippen LogP contribution is -2.50. The van der Waals surface area contributed by atoms with E-state index in [1.165, 1.54) is 6.92 Å². The summed E-state index contributed by atoms with van der Waals surface area (Å²) >= 11 is 0. The topological polar surface area (TPSA) is 107 Å². The van der Waals surface area contributed by atoms with Crippen LogP contribution in [0.15, 0.2) is 24.3 Å². The second-order valence-electron chi connectivity index (χ2n) is 5.49. The van der Waals surface area contributed by atoms with Crippen LogP contribution in [0, 0.1) is 0 Å². The first-order valence-electron chi connectivity index (χ1n) is 8.06. The number of carboxylic acids is 1. The second-order valence-corrected chi connectivity index (χ2v) is 5.49. The molecule has 0 radical (unpaired) electrons. The van der Waals surface area contributed by atoms with Crippen molar-refractivity contribution in [3.05, 3.63) is 29.8 Å². The van der Waals surface area contributed by atoms with Crippen molar-refractivity contribution in [3.63, 3.8) is 0 Å². The number of ether oxygens (including phenoxy) is 1. The molecule has 0 aliphatic rings. The number of nitrogens with zero attached hydrogens (tertiary/aromatic N) is 1. The number of anilines is 1. The van der Waals surface area contributed by atoms with Crippen LogP contribution in [0.1, 0.15) is 32.3 Å². The number of alkyl halides is 3. The zero-order valence-corrected chi connectivity index (χ0v) is 14.7. The van der Waals surface area contributed by atoms with E-state index >= 15 is 0 Å². The zero-order valence-electron chi connectivity index (χ0n) is 14.7. The number of halogens is 3. The molecule has 7 nitrogen and oxygen atoms in total. The van der Waals surface area contributed by atoms with Crippen LogP contribution in [0.4, 0.5) is 18.9 Å². The molecular weight excluding hydrogens is 371 g/mol. The molecule has 0 heterocycles. The van der Waals surface area contributed by atoms with Gasteiger partial charge >= 0.3 is 12.1 Å². The smallest absolute Gasteiger partial charge is 0.432 e. The molecule has 0 bridgehead atoms. The number of carbonyl (C=O) groups excluding carboxylic acids is 3. The van der Waals surface area contributed by atoms with Gasteiger partial charge in [-0.3, -0.25) is 4.79 Å². The van der Waals surface area contributed by atoms with Crippen molar-refractivity contribution >= 4 is 23.5 Å². The van der Waals surface area contributed by atoms with Gasteiger partial charge in [0.15, 0.2) is 0 Å². The van der Waals surface area contributed by atoms with Crippen LogP contribution in [0.25, 0.3) is 0 Å². The van der Waals surface area contributed by atoms with E-state index in [9.17, 15) is 37.8 Å². The van der Waals surface area contributed by atoms with E-state index in [0.29, 0.717) is 0 Å². The van der Waals surface area contributed by atoms with E-state index in [4.69, 9.17) is 0 Å². The second kappa shape index (κ2) is 8.85. The number of hydrogen-bond acceptors (Lipinski definition) is 6. The van der Waals surface area contributed by atoms with Gasteiger partial charge in [0.2, 0.25) is 5.91 Å². The molecule has 1 N–H and O–H groups in total. The van der Waals surface area contributed by atoms with Crippen LogP contribution in [-0.4, -0.2) is 42.3 Å². The molecule has 0 aromatic heterocycles. The number of esters is 1. The maximum atomic E-state index is 13.3. The van der Waals surface area contributed by atoms with Crippen molar-refractivity contribution in [1.82, 2.24) is 0 Å². The first-order valence-corrected chi connectivity index (χ1v) is 8.06. The van der Waals surface area contributed by atoms with Gasteiger partial charge in [0, 0.05) is 30.2 Å². The fraction of sp³-hybridized carbons (Fsp3) is 0.471. The molecule has 0 saturated heterocycles. The minimum absolute atomic E-state index is 0.132. The lowest BCUT2D eigenvalue weighted by atomic mass is 9.92. The maximum Gasteiger partial charge on any atom is 0.432 e. The van der Waals surface area contributed by atoms with Crippen LogP contribution in [-0.2, 0) is 24.7 Å². The highest BCUT2D eigenvalue weighted by Crippen LogP contribution is 2.40. The number of carboxylic acid groups (broad SMARTS) is 1. The molecule has 0 aliphatic heterocycles. The normalized spacial score (nSPS) is 13.6. The summed E-state index contributed by atoms with van der Waals surface area (Å²) in [4.78, 5) is 35.4. The fourth-order valence-electron chi connectivity index (χ4n) is 2.36. The number of rotatable bonds is 8. The molecule has 0 spiro atoms. The molecule has 0 aliphatic carbocycles. The molecule has 1 rings (SSSR count). The quantitative estimate of drug-likeness (QED) is 0.661. The first-order chi connectivity index (χ1) is 12.5. The predicted octanol–water partition coefficient (Wildman–Crippen LogP) is 0.883.